The lowest BCUT2D eigenvalue weighted by molar-refractivity contribution is -0.140. The van der Waals surface area contributed by atoms with Crippen molar-refractivity contribution in [3.8, 4) is 0 Å². The zero-order valence-electron chi connectivity index (χ0n) is 17.8. The van der Waals surface area contributed by atoms with E-state index in [1.165, 1.54) is 41.9 Å². The summed E-state index contributed by atoms with van der Waals surface area (Å²) >= 11 is 1.19. The van der Waals surface area contributed by atoms with Crippen LogP contribution in [0, 0.1) is 22.5 Å². The fraction of sp³-hybridized carbons (Fsp3) is 0.292. The largest absolute Gasteiger partial charge is 0.419 e. The number of hydrogen-bond donors (Lipinski definition) is 2. The van der Waals surface area contributed by atoms with E-state index in [2.05, 4.69) is 12.2 Å². The van der Waals surface area contributed by atoms with Gasteiger partial charge in [-0.3, -0.25) is 0 Å². The Balaban J connectivity index is 1.51. The maximum Gasteiger partial charge on any atom is 0.419 e. The van der Waals surface area contributed by atoms with Crippen LogP contribution in [-0.2, 0) is 6.18 Å². The predicted octanol–water partition coefficient (Wildman–Crippen LogP) is 7.05. The monoisotopic (exact) mass is 479 g/mol. The van der Waals surface area contributed by atoms with Crippen LogP contribution in [0.25, 0.3) is 0 Å². The summed E-state index contributed by atoms with van der Waals surface area (Å²) < 4.78 is 68.0. The van der Waals surface area contributed by atoms with Gasteiger partial charge >= 0.3 is 6.18 Å². The van der Waals surface area contributed by atoms with E-state index in [-0.39, 0.29) is 11.2 Å². The van der Waals surface area contributed by atoms with Crippen molar-refractivity contribution in [2.24, 2.45) is 5.41 Å². The zero-order chi connectivity index (χ0) is 23.8. The third kappa shape index (κ3) is 5.14. The molecule has 2 aromatic carbocycles. The van der Waals surface area contributed by atoms with Crippen LogP contribution in [0.15, 0.2) is 70.3 Å². The topological polar surface area (TPSA) is 39.1 Å². The number of fused-ring (bicyclic) bond motifs is 1. The number of alkyl halides is 3. The third-order valence-corrected chi connectivity index (χ3v) is 6.99. The Bertz CT molecular complexity index is 1120. The van der Waals surface area contributed by atoms with Crippen molar-refractivity contribution in [1.82, 2.24) is 4.31 Å². The molecule has 0 saturated carbocycles. The summed E-state index contributed by atoms with van der Waals surface area (Å²) in [4.78, 5) is 0.331. The van der Waals surface area contributed by atoms with Crippen LogP contribution in [0.1, 0.15) is 25.3 Å². The van der Waals surface area contributed by atoms with Gasteiger partial charge in [-0.25, -0.2) is 13.1 Å². The molecule has 3 nitrogen and oxygen atoms in total. The molecule has 1 aliphatic heterocycles. The van der Waals surface area contributed by atoms with Crippen molar-refractivity contribution in [1.29, 1.82) is 5.41 Å². The lowest BCUT2D eigenvalue weighted by atomic mass is 9.70. The predicted molar refractivity (Wildman–Crippen MR) is 120 cm³/mol. The molecule has 1 aliphatic carbocycles. The number of piperidine rings is 1. The molecular weight excluding hydrogens is 457 g/mol. The number of anilines is 1. The smallest absolute Gasteiger partial charge is 0.355 e. The summed E-state index contributed by atoms with van der Waals surface area (Å²) in [6.45, 7) is 3.27. The van der Waals surface area contributed by atoms with Crippen LogP contribution < -0.4 is 5.32 Å². The van der Waals surface area contributed by atoms with Gasteiger partial charge in [0.05, 0.1) is 5.56 Å². The quantitative estimate of drug-likeness (QED) is 0.274. The van der Waals surface area contributed by atoms with Gasteiger partial charge in [0.15, 0.2) is 0 Å². The summed E-state index contributed by atoms with van der Waals surface area (Å²) in [5.74, 6) is -1.61. The highest BCUT2D eigenvalue weighted by Crippen LogP contribution is 2.46. The van der Waals surface area contributed by atoms with Crippen molar-refractivity contribution in [3.05, 3.63) is 82.6 Å². The van der Waals surface area contributed by atoms with E-state index in [9.17, 15) is 22.0 Å². The van der Waals surface area contributed by atoms with Crippen LogP contribution in [0.3, 0.4) is 0 Å². The van der Waals surface area contributed by atoms with Gasteiger partial charge in [0, 0.05) is 41.0 Å². The van der Waals surface area contributed by atoms with Gasteiger partial charge < -0.3 is 10.7 Å². The Hall–Kier alpha value is -2.65. The van der Waals surface area contributed by atoms with Gasteiger partial charge in [0.25, 0.3) is 0 Å². The van der Waals surface area contributed by atoms with Gasteiger partial charge in [-0.1, -0.05) is 12.5 Å². The first-order valence-corrected chi connectivity index (χ1v) is 11.1. The summed E-state index contributed by atoms with van der Waals surface area (Å²) in [5, 5.41) is 11.1. The minimum absolute atomic E-state index is 0.293. The molecule has 174 valence electrons. The Morgan fingerprint density at radius 3 is 2.52 bits per heavy atom. The van der Waals surface area contributed by atoms with E-state index in [1.807, 2.05) is 10.4 Å². The molecule has 1 heterocycles. The minimum atomic E-state index is -4.74. The van der Waals surface area contributed by atoms with E-state index in [4.69, 9.17) is 5.41 Å². The molecule has 1 fully saturated rings. The van der Waals surface area contributed by atoms with Crippen molar-refractivity contribution >= 4 is 23.8 Å². The first-order valence-electron chi connectivity index (χ1n) is 10.3. The third-order valence-electron chi connectivity index (χ3n) is 5.95. The lowest BCUT2D eigenvalue weighted by Crippen LogP contribution is -2.41. The molecule has 2 aromatic rings. The zero-order valence-corrected chi connectivity index (χ0v) is 18.6. The number of nitrogens with one attached hydrogen (secondary N) is 2. The van der Waals surface area contributed by atoms with E-state index in [0.29, 0.717) is 30.8 Å². The molecule has 1 unspecified atom stereocenters. The molecule has 2 N–H and O–H groups in total. The van der Waals surface area contributed by atoms with Gasteiger partial charge in [-0.15, -0.1) is 0 Å². The second-order valence-corrected chi connectivity index (χ2v) is 9.64. The van der Waals surface area contributed by atoms with Gasteiger partial charge in [0.2, 0.25) is 0 Å². The van der Waals surface area contributed by atoms with Crippen molar-refractivity contribution < 1.29 is 22.0 Å². The average molecular weight is 480 g/mol. The Morgan fingerprint density at radius 1 is 1.12 bits per heavy atom. The van der Waals surface area contributed by atoms with Crippen LogP contribution in [0.2, 0.25) is 0 Å². The molecule has 0 aromatic heterocycles. The van der Waals surface area contributed by atoms with Gasteiger partial charge in [0.1, 0.15) is 11.6 Å². The second-order valence-electron chi connectivity index (χ2n) is 8.47. The Morgan fingerprint density at radius 2 is 1.85 bits per heavy atom. The summed E-state index contributed by atoms with van der Waals surface area (Å²) in [6, 6.07) is 9.05. The van der Waals surface area contributed by atoms with E-state index >= 15 is 0 Å². The van der Waals surface area contributed by atoms with Crippen molar-refractivity contribution in [2.45, 2.75) is 30.8 Å². The van der Waals surface area contributed by atoms with Crippen LogP contribution in [0.5, 0.6) is 0 Å². The van der Waals surface area contributed by atoms with E-state index in [1.54, 1.807) is 12.1 Å². The molecule has 2 aliphatic rings. The first-order chi connectivity index (χ1) is 15.6. The summed E-state index contributed by atoms with van der Waals surface area (Å²) in [5.41, 5.74) is 1.93. The molecule has 4 rings (SSSR count). The van der Waals surface area contributed by atoms with Crippen LogP contribution in [-0.4, -0.2) is 23.6 Å². The normalized spacial score (nSPS) is 21.5. The number of hydrogen-bond acceptors (Lipinski definition) is 4. The number of rotatable bonds is 5. The molecule has 1 atom stereocenters. The van der Waals surface area contributed by atoms with Gasteiger partial charge in [-0.05, 0) is 78.9 Å². The molecule has 0 amide bonds. The van der Waals surface area contributed by atoms with E-state index < -0.39 is 17.6 Å². The number of benzene rings is 2. The molecule has 33 heavy (non-hydrogen) atoms. The molecule has 0 bridgehead atoms. The Labute approximate surface area is 193 Å². The fourth-order valence-corrected chi connectivity index (χ4v) is 5.38. The van der Waals surface area contributed by atoms with Gasteiger partial charge in [-0.2, -0.15) is 13.2 Å². The van der Waals surface area contributed by atoms with Crippen LogP contribution >= 0.6 is 11.9 Å². The van der Waals surface area contributed by atoms with Crippen molar-refractivity contribution in [2.75, 3.05) is 18.4 Å². The molecule has 1 saturated heterocycles. The fourth-order valence-electron chi connectivity index (χ4n) is 4.25. The Kier molecular flexibility index (Phi) is 6.37. The highest BCUT2D eigenvalue weighted by atomic mass is 32.2. The number of nitrogens with zero attached hydrogens (tertiary/aromatic N) is 1. The molecule has 0 spiro atoms. The molecule has 0 radical (unpaired) electrons. The SMILES string of the molecule is CC12CC(C=N)=C(Nc3ccc(F)cc3)C=C1CCN(Sc1ccc(F)c(C(F)(F)F)c1)C2. The van der Waals surface area contributed by atoms with Crippen molar-refractivity contribution in [3.63, 3.8) is 0 Å². The highest BCUT2D eigenvalue weighted by Gasteiger charge is 2.39. The lowest BCUT2D eigenvalue weighted by Gasteiger charge is -2.44. The molecular formula is C24H22F5N3S. The minimum Gasteiger partial charge on any atom is -0.355 e. The van der Waals surface area contributed by atoms with Crippen LogP contribution in [0.4, 0.5) is 27.6 Å². The first kappa shape index (κ1) is 23.5. The molecule has 9 heteroatoms. The average Bonchev–Trinajstić information content (AvgIpc) is 2.75. The maximum absolute atomic E-state index is 13.6. The van der Waals surface area contributed by atoms with E-state index in [0.717, 1.165) is 29.1 Å². The maximum atomic E-state index is 13.6. The standard InChI is InChI=1S/C24H22F5N3S/c1-23-12-15(13-30)22(31-18-4-2-17(25)3-5-18)10-16(23)8-9-32(14-23)33-19-6-7-21(26)20(11-19)24(27,28)29/h2-7,10-11,13,30-31H,8-9,12,14H2,1H3. The summed E-state index contributed by atoms with van der Waals surface area (Å²) in [6.07, 6.45) is -0.136. The summed E-state index contributed by atoms with van der Waals surface area (Å²) in [7, 11) is 0. The highest BCUT2D eigenvalue weighted by molar-refractivity contribution is 7.97. The second kappa shape index (κ2) is 8.95. The number of allylic oxidation sites excluding steroid dienone is 2. The number of halogens is 5.